The van der Waals surface area contributed by atoms with Gasteiger partial charge in [0.05, 0.1) is 29.9 Å². The molecule has 2 aromatic heterocycles. The van der Waals surface area contributed by atoms with Gasteiger partial charge in [0.2, 0.25) is 5.91 Å². The molecule has 4 rings (SSSR count). The summed E-state index contributed by atoms with van der Waals surface area (Å²) in [6.07, 6.45) is 2.80. The summed E-state index contributed by atoms with van der Waals surface area (Å²) in [6.45, 7) is 2.29. The standard InChI is InChI=1S/C26H31N3O5S/c1-3-28(20-6-4-5-17(13-20)16-30)24(31)15-29-21-11-12-35-23(21)14-22(29)25(32)27-19-9-7-18(8-10-19)26(33)34-2/h4-6,11-14,18-19,30H,3,7-10,15-16H2,1-2H3,(H,27,32)/t18-,19-. The van der Waals surface area contributed by atoms with E-state index in [2.05, 4.69) is 5.32 Å². The minimum absolute atomic E-state index is 0.0196. The van der Waals surface area contributed by atoms with Crippen molar-refractivity contribution in [3.63, 3.8) is 0 Å². The number of thiophene rings is 1. The number of likely N-dealkylation sites (N-methyl/N-ethyl adjacent to an activating group) is 1. The Kier molecular flexibility index (Phi) is 7.87. The van der Waals surface area contributed by atoms with E-state index < -0.39 is 0 Å². The van der Waals surface area contributed by atoms with E-state index >= 15 is 0 Å². The highest BCUT2D eigenvalue weighted by Crippen LogP contribution is 2.28. The van der Waals surface area contributed by atoms with Crippen LogP contribution in [0.3, 0.4) is 0 Å². The van der Waals surface area contributed by atoms with Gasteiger partial charge < -0.3 is 24.6 Å². The number of aromatic nitrogens is 1. The van der Waals surface area contributed by atoms with E-state index in [0.29, 0.717) is 43.6 Å². The highest BCUT2D eigenvalue weighted by molar-refractivity contribution is 7.17. The zero-order valence-corrected chi connectivity index (χ0v) is 20.8. The number of carbonyl (C=O) groups excluding carboxylic acids is 3. The average Bonchev–Trinajstić information content (AvgIpc) is 3.47. The summed E-state index contributed by atoms with van der Waals surface area (Å²) in [6, 6.07) is 11.0. The number of benzene rings is 1. The molecule has 1 aromatic carbocycles. The second-order valence-corrected chi connectivity index (χ2v) is 9.74. The molecule has 186 valence electrons. The zero-order chi connectivity index (χ0) is 24.9. The number of hydrogen-bond acceptors (Lipinski definition) is 6. The number of amides is 2. The Hall–Kier alpha value is -3.17. The van der Waals surface area contributed by atoms with E-state index in [9.17, 15) is 19.5 Å². The lowest BCUT2D eigenvalue weighted by Gasteiger charge is -2.27. The van der Waals surface area contributed by atoms with Crippen molar-refractivity contribution in [2.24, 2.45) is 5.92 Å². The Morgan fingerprint density at radius 1 is 1.17 bits per heavy atom. The molecular formula is C26H31N3O5S. The lowest BCUT2D eigenvalue weighted by molar-refractivity contribution is -0.146. The van der Waals surface area contributed by atoms with Gasteiger partial charge in [-0.15, -0.1) is 11.3 Å². The van der Waals surface area contributed by atoms with Crippen molar-refractivity contribution in [2.75, 3.05) is 18.6 Å². The fourth-order valence-electron chi connectivity index (χ4n) is 4.78. The number of esters is 1. The number of anilines is 1. The van der Waals surface area contributed by atoms with Crippen LogP contribution >= 0.6 is 11.3 Å². The Morgan fingerprint density at radius 3 is 2.63 bits per heavy atom. The van der Waals surface area contributed by atoms with Crippen LogP contribution in [-0.2, 0) is 27.5 Å². The molecule has 2 heterocycles. The number of nitrogens with zero attached hydrogens (tertiary/aromatic N) is 2. The highest BCUT2D eigenvalue weighted by Gasteiger charge is 2.29. The van der Waals surface area contributed by atoms with Crippen LogP contribution in [0.1, 0.15) is 48.7 Å². The summed E-state index contributed by atoms with van der Waals surface area (Å²) in [7, 11) is 1.40. The van der Waals surface area contributed by atoms with Gasteiger partial charge in [0, 0.05) is 18.3 Å². The van der Waals surface area contributed by atoms with Crippen molar-refractivity contribution in [3.8, 4) is 0 Å². The van der Waals surface area contributed by atoms with E-state index in [0.717, 1.165) is 15.8 Å². The van der Waals surface area contributed by atoms with E-state index in [-0.39, 0.29) is 42.9 Å². The van der Waals surface area contributed by atoms with Gasteiger partial charge in [-0.1, -0.05) is 12.1 Å². The fourth-order valence-corrected chi connectivity index (χ4v) is 5.60. The van der Waals surface area contributed by atoms with E-state index in [1.165, 1.54) is 18.4 Å². The molecular weight excluding hydrogens is 466 g/mol. The maximum absolute atomic E-state index is 13.4. The van der Waals surface area contributed by atoms with Crippen LogP contribution in [0.5, 0.6) is 0 Å². The summed E-state index contributed by atoms with van der Waals surface area (Å²) in [5.41, 5.74) is 2.75. The SMILES string of the molecule is CCN(C(=O)Cn1c(C(=O)N[C@H]2CC[C@H](C(=O)OC)CC2)cc2sccc21)c1cccc(CO)c1. The Labute approximate surface area is 208 Å². The summed E-state index contributed by atoms with van der Waals surface area (Å²) in [5.74, 6) is -0.649. The molecule has 1 saturated carbocycles. The van der Waals surface area contributed by atoms with Crippen molar-refractivity contribution < 1.29 is 24.2 Å². The highest BCUT2D eigenvalue weighted by atomic mass is 32.1. The molecule has 1 fully saturated rings. The Balaban J connectivity index is 1.51. The van der Waals surface area contributed by atoms with E-state index in [4.69, 9.17) is 4.74 Å². The van der Waals surface area contributed by atoms with E-state index in [1.54, 1.807) is 15.5 Å². The van der Waals surface area contributed by atoms with Crippen LogP contribution in [0.2, 0.25) is 0 Å². The molecule has 2 amide bonds. The molecule has 2 N–H and O–H groups in total. The van der Waals surface area contributed by atoms with Crippen molar-refractivity contribution in [1.82, 2.24) is 9.88 Å². The molecule has 8 nitrogen and oxygen atoms in total. The molecule has 0 radical (unpaired) electrons. The molecule has 35 heavy (non-hydrogen) atoms. The lowest BCUT2D eigenvalue weighted by Crippen LogP contribution is -2.40. The number of methoxy groups -OCH3 is 1. The second kappa shape index (κ2) is 11.0. The van der Waals surface area contributed by atoms with Crippen LogP contribution in [0.25, 0.3) is 10.2 Å². The third-order valence-electron chi connectivity index (χ3n) is 6.67. The first-order valence-electron chi connectivity index (χ1n) is 11.9. The van der Waals surface area contributed by atoms with Crippen molar-refractivity contribution >= 4 is 45.0 Å². The molecule has 0 atom stereocenters. The van der Waals surface area contributed by atoms with Gasteiger partial charge in [-0.05, 0) is 67.8 Å². The van der Waals surface area contributed by atoms with Gasteiger partial charge in [0.1, 0.15) is 12.2 Å². The first-order chi connectivity index (χ1) is 16.9. The number of aliphatic hydroxyl groups excluding tert-OH is 1. The molecule has 0 aliphatic heterocycles. The van der Waals surface area contributed by atoms with Crippen LogP contribution in [0, 0.1) is 5.92 Å². The van der Waals surface area contributed by atoms with Gasteiger partial charge in [-0.2, -0.15) is 0 Å². The predicted octanol–water partition coefficient (Wildman–Crippen LogP) is 3.71. The predicted molar refractivity (Wildman–Crippen MR) is 135 cm³/mol. The summed E-state index contributed by atoms with van der Waals surface area (Å²) < 4.78 is 7.58. The number of aliphatic hydroxyl groups is 1. The number of hydrogen-bond donors (Lipinski definition) is 2. The summed E-state index contributed by atoms with van der Waals surface area (Å²) in [4.78, 5) is 40.1. The summed E-state index contributed by atoms with van der Waals surface area (Å²) >= 11 is 1.53. The maximum atomic E-state index is 13.4. The maximum Gasteiger partial charge on any atom is 0.308 e. The normalized spacial score (nSPS) is 17.8. The number of carbonyl (C=O) groups is 3. The molecule has 0 spiro atoms. The number of ether oxygens (including phenoxy) is 1. The van der Waals surface area contributed by atoms with Crippen molar-refractivity contribution in [1.29, 1.82) is 0 Å². The molecule has 3 aromatic rings. The van der Waals surface area contributed by atoms with Crippen LogP contribution in [0.4, 0.5) is 5.69 Å². The molecule has 1 aliphatic rings. The van der Waals surface area contributed by atoms with Gasteiger partial charge in [0.15, 0.2) is 0 Å². The van der Waals surface area contributed by atoms with Crippen LogP contribution in [0.15, 0.2) is 41.8 Å². The third kappa shape index (κ3) is 5.41. The smallest absolute Gasteiger partial charge is 0.308 e. The fraction of sp³-hybridized carbons (Fsp3) is 0.423. The topological polar surface area (TPSA) is 101 Å². The zero-order valence-electron chi connectivity index (χ0n) is 20.0. The minimum Gasteiger partial charge on any atom is -0.469 e. The van der Waals surface area contributed by atoms with Crippen LogP contribution < -0.4 is 10.2 Å². The first-order valence-corrected chi connectivity index (χ1v) is 12.8. The van der Waals surface area contributed by atoms with Gasteiger partial charge in [-0.3, -0.25) is 14.4 Å². The molecule has 9 heteroatoms. The minimum atomic E-state index is -0.215. The van der Waals surface area contributed by atoms with Gasteiger partial charge in [0.25, 0.3) is 5.91 Å². The van der Waals surface area contributed by atoms with Gasteiger partial charge >= 0.3 is 5.97 Å². The quantitative estimate of drug-likeness (QED) is 0.462. The number of rotatable bonds is 8. The number of nitrogens with one attached hydrogen (secondary N) is 1. The molecule has 0 bridgehead atoms. The Bertz CT molecular complexity index is 1210. The third-order valence-corrected chi connectivity index (χ3v) is 7.52. The van der Waals surface area contributed by atoms with Gasteiger partial charge in [-0.25, -0.2) is 0 Å². The van der Waals surface area contributed by atoms with Crippen molar-refractivity contribution in [3.05, 3.63) is 53.0 Å². The molecule has 0 saturated heterocycles. The lowest BCUT2D eigenvalue weighted by atomic mass is 9.86. The van der Waals surface area contributed by atoms with Crippen LogP contribution in [-0.4, -0.2) is 47.2 Å². The molecule has 1 aliphatic carbocycles. The molecule has 0 unspecified atom stereocenters. The first kappa shape index (κ1) is 24.9. The second-order valence-electron chi connectivity index (χ2n) is 8.80. The largest absolute Gasteiger partial charge is 0.469 e. The number of fused-ring (bicyclic) bond motifs is 1. The Morgan fingerprint density at radius 2 is 1.94 bits per heavy atom. The van der Waals surface area contributed by atoms with E-state index in [1.807, 2.05) is 42.6 Å². The average molecular weight is 498 g/mol. The monoisotopic (exact) mass is 497 g/mol. The summed E-state index contributed by atoms with van der Waals surface area (Å²) in [5, 5.41) is 14.5. The van der Waals surface area contributed by atoms with Crippen molar-refractivity contribution in [2.45, 2.75) is 51.8 Å².